The van der Waals surface area contributed by atoms with Crippen molar-refractivity contribution in [2.45, 2.75) is 19.3 Å². The summed E-state index contributed by atoms with van der Waals surface area (Å²) in [6.45, 7) is 0.650. The van der Waals surface area contributed by atoms with Crippen molar-refractivity contribution in [1.82, 2.24) is 0 Å². The van der Waals surface area contributed by atoms with Crippen LogP contribution in [0.2, 0.25) is 5.02 Å². The van der Waals surface area contributed by atoms with Gasteiger partial charge >= 0.3 is 5.97 Å². The summed E-state index contributed by atoms with van der Waals surface area (Å²) in [7, 11) is 0. The third kappa shape index (κ3) is 3.26. The van der Waals surface area contributed by atoms with Gasteiger partial charge in [-0.15, -0.1) is 0 Å². The van der Waals surface area contributed by atoms with Crippen LogP contribution in [-0.4, -0.2) is 17.7 Å². The maximum Gasteiger partial charge on any atom is 0.328 e. The van der Waals surface area contributed by atoms with Crippen molar-refractivity contribution in [2.75, 3.05) is 6.61 Å². The van der Waals surface area contributed by atoms with Gasteiger partial charge in [-0.25, -0.2) is 4.79 Å². The Morgan fingerprint density at radius 2 is 2.28 bits per heavy atom. The van der Waals surface area contributed by atoms with Gasteiger partial charge in [0, 0.05) is 11.6 Å². The van der Waals surface area contributed by atoms with Crippen LogP contribution < -0.4 is 4.74 Å². The number of carbonyl (C=O) groups is 1. The second-order valence-corrected chi connectivity index (χ2v) is 4.84. The molecule has 1 aromatic carbocycles. The van der Waals surface area contributed by atoms with Crippen molar-refractivity contribution >= 4 is 23.6 Å². The predicted molar refractivity (Wildman–Crippen MR) is 71.0 cm³/mol. The average Bonchev–Trinajstić information content (AvgIpc) is 2.26. The molecule has 0 saturated heterocycles. The number of benzene rings is 1. The molecule has 0 unspecified atom stereocenters. The van der Waals surface area contributed by atoms with E-state index in [0.29, 0.717) is 28.9 Å². The van der Waals surface area contributed by atoms with E-state index >= 15 is 0 Å². The quantitative estimate of drug-likeness (QED) is 0.828. The molecule has 0 atom stereocenters. The van der Waals surface area contributed by atoms with Crippen LogP contribution in [0.4, 0.5) is 0 Å². The fourth-order valence-corrected chi connectivity index (χ4v) is 2.07. The minimum atomic E-state index is -0.986. The minimum absolute atomic E-state index is 0.516. The molecule has 0 amide bonds. The fraction of sp³-hybridized carbons (Fsp3) is 0.357. The van der Waals surface area contributed by atoms with E-state index in [9.17, 15) is 4.79 Å². The molecule has 0 aliphatic heterocycles. The van der Waals surface area contributed by atoms with Crippen LogP contribution in [0.5, 0.6) is 5.75 Å². The summed E-state index contributed by atoms with van der Waals surface area (Å²) in [6.07, 6.45) is 6.25. The number of rotatable bonds is 5. The normalized spacial score (nSPS) is 15.6. The Hall–Kier alpha value is -1.48. The van der Waals surface area contributed by atoms with E-state index in [1.807, 2.05) is 0 Å². The Morgan fingerprint density at radius 3 is 2.89 bits per heavy atom. The van der Waals surface area contributed by atoms with Gasteiger partial charge in [0.2, 0.25) is 0 Å². The van der Waals surface area contributed by atoms with Gasteiger partial charge in [0.1, 0.15) is 5.75 Å². The molecule has 1 fully saturated rings. The van der Waals surface area contributed by atoms with E-state index in [4.69, 9.17) is 21.4 Å². The Labute approximate surface area is 111 Å². The van der Waals surface area contributed by atoms with Crippen LogP contribution in [0.25, 0.3) is 6.08 Å². The molecule has 0 heterocycles. The van der Waals surface area contributed by atoms with Crippen molar-refractivity contribution in [3.05, 3.63) is 34.9 Å². The third-order valence-corrected chi connectivity index (χ3v) is 3.39. The van der Waals surface area contributed by atoms with Crippen molar-refractivity contribution < 1.29 is 14.6 Å². The Kier molecular flexibility index (Phi) is 4.26. The molecule has 2 rings (SSSR count). The largest absolute Gasteiger partial charge is 0.491 e. The number of hydrogen-bond donors (Lipinski definition) is 1. The van der Waals surface area contributed by atoms with Gasteiger partial charge < -0.3 is 9.84 Å². The van der Waals surface area contributed by atoms with Crippen LogP contribution in [0, 0.1) is 5.92 Å². The van der Waals surface area contributed by atoms with Crippen molar-refractivity contribution in [2.24, 2.45) is 5.92 Å². The van der Waals surface area contributed by atoms with Crippen molar-refractivity contribution in [3.8, 4) is 5.75 Å². The van der Waals surface area contributed by atoms with Gasteiger partial charge in [0.25, 0.3) is 0 Å². The molecular weight excluding hydrogens is 252 g/mol. The summed E-state index contributed by atoms with van der Waals surface area (Å²) in [5, 5.41) is 9.16. The highest BCUT2D eigenvalue weighted by atomic mass is 35.5. The number of aliphatic carboxylic acids is 1. The number of hydrogen-bond acceptors (Lipinski definition) is 2. The molecule has 1 N–H and O–H groups in total. The summed E-state index contributed by atoms with van der Waals surface area (Å²) < 4.78 is 5.73. The molecule has 3 nitrogen and oxygen atoms in total. The van der Waals surface area contributed by atoms with Gasteiger partial charge in [-0.3, -0.25) is 0 Å². The predicted octanol–water partition coefficient (Wildman–Crippen LogP) is 3.62. The SMILES string of the molecule is O=C(O)/C=C/c1cccc(Cl)c1OCC1CCC1. The Morgan fingerprint density at radius 1 is 1.50 bits per heavy atom. The number of carboxylic acids is 1. The average molecular weight is 267 g/mol. The molecule has 96 valence electrons. The zero-order valence-electron chi connectivity index (χ0n) is 9.93. The lowest BCUT2D eigenvalue weighted by Gasteiger charge is -2.25. The summed E-state index contributed by atoms with van der Waals surface area (Å²) in [6, 6.07) is 5.32. The molecule has 1 saturated carbocycles. The van der Waals surface area contributed by atoms with Gasteiger partial charge in [-0.2, -0.15) is 0 Å². The minimum Gasteiger partial charge on any atom is -0.491 e. The van der Waals surface area contributed by atoms with Gasteiger partial charge in [0.15, 0.2) is 0 Å². The maximum absolute atomic E-state index is 10.5. The first-order chi connectivity index (χ1) is 8.66. The second-order valence-electron chi connectivity index (χ2n) is 4.44. The lowest BCUT2D eigenvalue weighted by molar-refractivity contribution is -0.131. The summed E-state index contributed by atoms with van der Waals surface area (Å²) in [5.74, 6) is 0.195. The smallest absolute Gasteiger partial charge is 0.328 e. The Balaban J connectivity index is 2.12. The van der Waals surface area contributed by atoms with Crippen LogP contribution in [0.15, 0.2) is 24.3 Å². The fourth-order valence-electron chi connectivity index (χ4n) is 1.83. The van der Waals surface area contributed by atoms with E-state index in [0.717, 1.165) is 6.08 Å². The highest BCUT2D eigenvalue weighted by Crippen LogP contribution is 2.32. The summed E-state index contributed by atoms with van der Waals surface area (Å²) >= 11 is 6.08. The Bertz CT molecular complexity index is 464. The number of carboxylic acid groups (broad SMARTS) is 1. The molecule has 18 heavy (non-hydrogen) atoms. The van der Waals surface area contributed by atoms with E-state index in [2.05, 4.69) is 0 Å². The van der Waals surface area contributed by atoms with Gasteiger partial charge in [0.05, 0.1) is 11.6 Å². The molecule has 1 aliphatic rings. The van der Waals surface area contributed by atoms with Crippen molar-refractivity contribution in [3.63, 3.8) is 0 Å². The number of halogens is 1. The maximum atomic E-state index is 10.5. The van der Waals surface area contributed by atoms with Crippen molar-refractivity contribution in [1.29, 1.82) is 0 Å². The summed E-state index contributed by atoms with van der Waals surface area (Å²) in [5.41, 5.74) is 0.698. The number of ether oxygens (including phenoxy) is 1. The first kappa shape index (κ1) is 13.0. The molecule has 4 heteroatoms. The molecule has 0 bridgehead atoms. The zero-order chi connectivity index (χ0) is 13.0. The first-order valence-corrected chi connectivity index (χ1v) is 6.37. The monoisotopic (exact) mass is 266 g/mol. The van der Waals surface area contributed by atoms with Crippen LogP contribution in [-0.2, 0) is 4.79 Å². The van der Waals surface area contributed by atoms with Gasteiger partial charge in [-0.1, -0.05) is 30.2 Å². The lowest BCUT2D eigenvalue weighted by atomic mass is 9.86. The first-order valence-electron chi connectivity index (χ1n) is 5.99. The highest BCUT2D eigenvalue weighted by Gasteiger charge is 2.19. The lowest BCUT2D eigenvalue weighted by Crippen LogP contribution is -2.19. The van der Waals surface area contributed by atoms with E-state index in [-0.39, 0.29) is 0 Å². The van der Waals surface area contributed by atoms with Gasteiger partial charge in [-0.05, 0) is 30.9 Å². The molecule has 1 aliphatic carbocycles. The second kappa shape index (κ2) is 5.91. The highest BCUT2D eigenvalue weighted by molar-refractivity contribution is 6.32. The zero-order valence-corrected chi connectivity index (χ0v) is 10.7. The van der Waals surface area contributed by atoms with E-state index in [1.54, 1.807) is 18.2 Å². The van der Waals surface area contributed by atoms with Crippen LogP contribution >= 0.6 is 11.6 Å². The molecule has 1 aromatic rings. The molecule has 0 spiro atoms. The van der Waals surface area contributed by atoms with E-state index in [1.165, 1.54) is 25.3 Å². The topological polar surface area (TPSA) is 46.5 Å². The van der Waals surface area contributed by atoms with Crippen LogP contribution in [0.3, 0.4) is 0 Å². The molecule has 0 radical (unpaired) electrons. The third-order valence-electron chi connectivity index (χ3n) is 3.09. The molecular formula is C14H15ClO3. The number of para-hydroxylation sites is 1. The standard InChI is InChI=1S/C14H15ClO3/c15-12-6-2-5-11(7-8-13(16)17)14(12)18-9-10-3-1-4-10/h2,5-8,10H,1,3-4,9H2,(H,16,17)/b8-7+. The molecule has 0 aromatic heterocycles. The summed E-state index contributed by atoms with van der Waals surface area (Å²) in [4.78, 5) is 10.5. The van der Waals surface area contributed by atoms with Crippen LogP contribution in [0.1, 0.15) is 24.8 Å². The van der Waals surface area contributed by atoms with E-state index < -0.39 is 5.97 Å².